The highest BCUT2D eigenvalue weighted by Gasteiger charge is 2.29. The third kappa shape index (κ3) is 4.25. The maximum Gasteiger partial charge on any atom is 0.409 e. The van der Waals surface area contributed by atoms with Crippen molar-refractivity contribution in [3.8, 4) is 0 Å². The van der Waals surface area contributed by atoms with Crippen LogP contribution in [0.3, 0.4) is 0 Å². The molecule has 0 unspecified atom stereocenters. The number of carbonyl (C=O) groups excluding carboxylic acids is 3. The van der Waals surface area contributed by atoms with Gasteiger partial charge < -0.3 is 19.7 Å². The Balaban J connectivity index is 2.04. The number of esters is 1. The summed E-state index contributed by atoms with van der Waals surface area (Å²) in [4.78, 5) is 37.1. The molecule has 1 aliphatic heterocycles. The van der Waals surface area contributed by atoms with Gasteiger partial charge in [0.15, 0.2) is 0 Å². The number of rotatable bonds is 3. The van der Waals surface area contributed by atoms with Crippen LogP contribution in [-0.4, -0.2) is 50.2 Å². The van der Waals surface area contributed by atoms with Gasteiger partial charge in [0.05, 0.1) is 31.4 Å². The number of piperidine rings is 1. The molecule has 0 spiro atoms. The number of benzene rings is 1. The third-order valence-electron chi connectivity index (χ3n) is 3.87. The standard InChI is InChI=1S/C16H19BrN2O5/c1-23-15(21)10-5-6-13(12(17)8-10)18-14(20)11-4-3-7-19(9-11)16(22)24-2/h5-6,8,11H,3-4,7,9H2,1-2H3,(H,18,20)/t11-/m0/s1. The van der Waals surface area contributed by atoms with E-state index in [0.717, 1.165) is 6.42 Å². The van der Waals surface area contributed by atoms with Crippen molar-refractivity contribution in [3.05, 3.63) is 28.2 Å². The quantitative estimate of drug-likeness (QED) is 0.790. The van der Waals surface area contributed by atoms with Gasteiger partial charge in [-0.05, 0) is 47.0 Å². The summed E-state index contributed by atoms with van der Waals surface area (Å²) in [5.41, 5.74) is 0.944. The van der Waals surface area contributed by atoms with Crippen LogP contribution >= 0.6 is 15.9 Å². The molecular weight excluding hydrogens is 380 g/mol. The predicted molar refractivity (Wildman–Crippen MR) is 90.8 cm³/mol. The summed E-state index contributed by atoms with van der Waals surface area (Å²) in [6.07, 6.45) is 1.03. The number of hydrogen-bond donors (Lipinski definition) is 1. The Labute approximate surface area is 148 Å². The van der Waals surface area contributed by atoms with E-state index in [-0.39, 0.29) is 11.8 Å². The average molecular weight is 399 g/mol. The Morgan fingerprint density at radius 2 is 2.00 bits per heavy atom. The van der Waals surface area contributed by atoms with Gasteiger partial charge >= 0.3 is 12.1 Å². The molecular formula is C16H19BrN2O5. The van der Waals surface area contributed by atoms with E-state index in [1.807, 2.05) is 0 Å². The number of methoxy groups -OCH3 is 2. The number of halogens is 1. The van der Waals surface area contributed by atoms with E-state index < -0.39 is 12.1 Å². The number of hydrogen-bond acceptors (Lipinski definition) is 5. The van der Waals surface area contributed by atoms with Crippen molar-refractivity contribution >= 4 is 39.6 Å². The number of likely N-dealkylation sites (tertiary alicyclic amines) is 1. The van der Waals surface area contributed by atoms with Crippen molar-refractivity contribution in [2.45, 2.75) is 12.8 Å². The molecule has 0 saturated carbocycles. The van der Waals surface area contributed by atoms with E-state index in [1.165, 1.54) is 19.1 Å². The lowest BCUT2D eigenvalue weighted by Crippen LogP contribution is -2.43. The molecule has 1 aromatic carbocycles. The second-order valence-electron chi connectivity index (χ2n) is 5.43. The zero-order valence-corrected chi connectivity index (χ0v) is 15.1. The van der Waals surface area contributed by atoms with Crippen LogP contribution < -0.4 is 5.32 Å². The van der Waals surface area contributed by atoms with E-state index in [2.05, 4.69) is 26.0 Å². The molecule has 0 bridgehead atoms. The molecule has 0 aromatic heterocycles. The number of amides is 2. The minimum absolute atomic E-state index is 0.171. The SMILES string of the molecule is COC(=O)c1ccc(NC(=O)[C@H]2CCCN(C(=O)OC)C2)c(Br)c1. The minimum atomic E-state index is -0.449. The molecule has 7 nitrogen and oxygen atoms in total. The molecule has 1 atom stereocenters. The molecule has 130 valence electrons. The molecule has 1 saturated heterocycles. The van der Waals surface area contributed by atoms with Crippen molar-refractivity contribution in [2.75, 3.05) is 32.6 Å². The zero-order chi connectivity index (χ0) is 17.7. The van der Waals surface area contributed by atoms with Crippen molar-refractivity contribution in [2.24, 2.45) is 5.92 Å². The van der Waals surface area contributed by atoms with Gasteiger partial charge in [-0.1, -0.05) is 0 Å². The van der Waals surface area contributed by atoms with Gasteiger partial charge in [-0.2, -0.15) is 0 Å². The molecule has 0 aliphatic carbocycles. The summed E-state index contributed by atoms with van der Waals surface area (Å²) in [6, 6.07) is 4.80. The lowest BCUT2D eigenvalue weighted by molar-refractivity contribution is -0.121. The number of ether oxygens (including phenoxy) is 2. The topological polar surface area (TPSA) is 84.9 Å². The van der Waals surface area contributed by atoms with Crippen LogP contribution in [0.25, 0.3) is 0 Å². The first-order chi connectivity index (χ1) is 11.5. The van der Waals surface area contributed by atoms with Crippen LogP contribution in [0, 0.1) is 5.92 Å². The Kier molecular flexibility index (Phi) is 6.19. The Bertz CT molecular complexity index is 649. The second kappa shape index (κ2) is 8.14. The lowest BCUT2D eigenvalue weighted by Gasteiger charge is -2.30. The second-order valence-corrected chi connectivity index (χ2v) is 6.28. The van der Waals surface area contributed by atoms with Gasteiger partial charge in [0.25, 0.3) is 0 Å². The van der Waals surface area contributed by atoms with E-state index in [0.29, 0.717) is 35.2 Å². The van der Waals surface area contributed by atoms with Gasteiger partial charge in [0.2, 0.25) is 5.91 Å². The summed E-state index contributed by atoms with van der Waals surface area (Å²) < 4.78 is 9.94. The maximum absolute atomic E-state index is 12.4. The average Bonchev–Trinajstić information content (AvgIpc) is 2.61. The highest BCUT2D eigenvalue weighted by atomic mass is 79.9. The minimum Gasteiger partial charge on any atom is -0.465 e. The summed E-state index contributed by atoms with van der Waals surface area (Å²) in [5, 5.41) is 2.82. The van der Waals surface area contributed by atoms with Crippen LogP contribution in [-0.2, 0) is 14.3 Å². The van der Waals surface area contributed by atoms with E-state index in [1.54, 1.807) is 18.2 Å². The maximum atomic E-state index is 12.4. The molecule has 1 N–H and O–H groups in total. The molecule has 1 aromatic rings. The summed E-state index contributed by atoms with van der Waals surface area (Å²) in [7, 11) is 2.63. The van der Waals surface area contributed by atoms with Gasteiger partial charge in [-0.15, -0.1) is 0 Å². The molecule has 24 heavy (non-hydrogen) atoms. The number of anilines is 1. The molecule has 8 heteroatoms. The Morgan fingerprint density at radius 1 is 1.25 bits per heavy atom. The van der Waals surface area contributed by atoms with Crippen LogP contribution in [0.2, 0.25) is 0 Å². The van der Waals surface area contributed by atoms with Crippen LogP contribution in [0.4, 0.5) is 10.5 Å². The van der Waals surface area contributed by atoms with E-state index in [9.17, 15) is 14.4 Å². The highest BCUT2D eigenvalue weighted by Crippen LogP contribution is 2.26. The fraction of sp³-hybridized carbons (Fsp3) is 0.438. The van der Waals surface area contributed by atoms with Gasteiger partial charge in [0, 0.05) is 17.6 Å². The fourth-order valence-corrected chi connectivity index (χ4v) is 3.06. The van der Waals surface area contributed by atoms with Crippen LogP contribution in [0.5, 0.6) is 0 Å². The Hall–Kier alpha value is -2.09. The third-order valence-corrected chi connectivity index (χ3v) is 4.53. The predicted octanol–water partition coefficient (Wildman–Crippen LogP) is 2.65. The largest absolute Gasteiger partial charge is 0.465 e. The normalized spacial score (nSPS) is 17.1. The summed E-state index contributed by atoms with van der Waals surface area (Å²) in [6.45, 7) is 0.921. The van der Waals surface area contributed by atoms with Crippen LogP contribution in [0.15, 0.2) is 22.7 Å². The molecule has 2 amide bonds. The first kappa shape index (κ1) is 18.3. The van der Waals surface area contributed by atoms with Crippen molar-refractivity contribution in [1.82, 2.24) is 4.90 Å². The number of nitrogens with one attached hydrogen (secondary N) is 1. The monoisotopic (exact) mass is 398 g/mol. The van der Waals surface area contributed by atoms with Crippen molar-refractivity contribution < 1.29 is 23.9 Å². The van der Waals surface area contributed by atoms with Crippen molar-refractivity contribution in [1.29, 1.82) is 0 Å². The first-order valence-corrected chi connectivity index (χ1v) is 8.27. The fourth-order valence-electron chi connectivity index (χ4n) is 2.58. The molecule has 1 aliphatic rings. The van der Waals surface area contributed by atoms with Crippen molar-refractivity contribution in [3.63, 3.8) is 0 Å². The molecule has 1 fully saturated rings. The van der Waals surface area contributed by atoms with Crippen LogP contribution in [0.1, 0.15) is 23.2 Å². The summed E-state index contributed by atoms with van der Waals surface area (Å²) >= 11 is 3.34. The van der Waals surface area contributed by atoms with E-state index >= 15 is 0 Å². The smallest absolute Gasteiger partial charge is 0.409 e. The number of carbonyl (C=O) groups is 3. The lowest BCUT2D eigenvalue weighted by atomic mass is 9.97. The molecule has 0 radical (unpaired) electrons. The van der Waals surface area contributed by atoms with E-state index in [4.69, 9.17) is 4.74 Å². The van der Waals surface area contributed by atoms with Gasteiger partial charge in [0.1, 0.15) is 0 Å². The molecule has 1 heterocycles. The Morgan fingerprint density at radius 3 is 2.62 bits per heavy atom. The van der Waals surface area contributed by atoms with Gasteiger partial charge in [-0.3, -0.25) is 4.79 Å². The van der Waals surface area contributed by atoms with Gasteiger partial charge in [-0.25, -0.2) is 9.59 Å². The first-order valence-electron chi connectivity index (χ1n) is 7.48. The number of nitrogens with zero attached hydrogens (tertiary/aromatic N) is 1. The molecule has 2 rings (SSSR count). The summed E-state index contributed by atoms with van der Waals surface area (Å²) in [5.74, 6) is -0.922. The zero-order valence-electron chi connectivity index (χ0n) is 13.5. The highest BCUT2D eigenvalue weighted by molar-refractivity contribution is 9.10.